The fourth-order valence-electron chi connectivity index (χ4n) is 2.48. The first-order valence-electron chi connectivity index (χ1n) is 7.94. The lowest BCUT2D eigenvalue weighted by molar-refractivity contribution is 0.120. The van der Waals surface area contributed by atoms with Crippen molar-refractivity contribution < 1.29 is 32.2 Å². The number of aryl methyl sites for hydroxylation is 2. The molecule has 0 atom stereocenters. The lowest BCUT2D eigenvalue weighted by Crippen LogP contribution is -2.11. The maximum atomic E-state index is 14.1. The summed E-state index contributed by atoms with van der Waals surface area (Å²) >= 11 is 0. The quantitative estimate of drug-likeness (QED) is 0.509. The Hall–Kier alpha value is -2.70. The van der Waals surface area contributed by atoms with Crippen molar-refractivity contribution >= 4 is 6.16 Å². The van der Waals surface area contributed by atoms with Crippen LogP contribution in [-0.4, -0.2) is 13.3 Å². The van der Waals surface area contributed by atoms with Gasteiger partial charge in [0.1, 0.15) is 23.9 Å². The van der Waals surface area contributed by atoms with Crippen molar-refractivity contribution in [2.75, 3.05) is 7.11 Å². The Labute approximate surface area is 149 Å². The number of alkyl halides is 2. The van der Waals surface area contributed by atoms with Crippen LogP contribution in [0.2, 0.25) is 0 Å². The molecule has 0 heterocycles. The highest BCUT2D eigenvalue weighted by Gasteiger charge is 2.19. The van der Waals surface area contributed by atoms with E-state index in [0.717, 1.165) is 24.3 Å². The van der Waals surface area contributed by atoms with Gasteiger partial charge >= 0.3 is 6.16 Å². The minimum Gasteiger partial charge on any atom is -0.488 e. The Morgan fingerprint density at radius 3 is 2.54 bits per heavy atom. The van der Waals surface area contributed by atoms with Crippen LogP contribution in [0.4, 0.5) is 18.0 Å². The number of methoxy groups -OCH3 is 1. The largest absolute Gasteiger partial charge is 0.513 e. The van der Waals surface area contributed by atoms with Gasteiger partial charge in [0.2, 0.25) is 0 Å². The van der Waals surface area contributed by atoms with E-state index in [0.29, 0.717) is 6.42 Å². The highest BCUT2D eigenvalue weighted by molar-refractivity contribution is 5.64. The molecule has 0 aliphatic rings. The molecule has 2 aromatic carbocycles. The Kier molecular flexibility index (Phi) is 6.49. The molecule has 0 unspecified atom stereocenters. The van der Waals surface area contributed by atoms with Gasteiger partial charge in [-0.15, -0.1) is 0 Å². The first-order chi connectivity index (χ1) is 12.4. The smallest absolute Gasteiger partial charge is 0.488 e. The summed E-state index contributed by atoms with van der Waals surface area (Å²) in [6, 6.07) is 6.76. The zero-order chi connectivity index (χ0) is 19.3. The normalized spacial score (nSPS) is 10.7. The highest BCUT2D eigenvalue weighted by Crippen LogP contribution is 2.33. The molecular formula is C19H19F3O4. The summed E-state index contributed by atoms with van der Waals surface area (Å²) in [5, 5.41) is 0. The molecule has 0 aliphatic carbocycles. The SMILES string of the molecule is CCc1cc(C(F)F)c(OCc2c(F)cccc2OC(=O)OC)cc1C. The van der Waals surface area contributed by atoms with Crippen molar-refractivity contribution in [2.24, 2.45) is 0 Å². The van der Waals surface area contributed by atoms with Gasteiger partial charge in [-0.25, -0.2) is 18.0 Å². The Morgan fingerprint density at radius 1 is 1.19 bits per heavy atom. The van der Waals surface area contributed by atoms with Gasteiger partial charge < -0.3 is 14.2 Å². The molecule has 2 aromatic rings. The lowest BCUT2D eigenvalue weighted by Gasteiger charge is -2.16. The third kappa shape index (κ3) is 4.47. The standard InChI is InChI=1S/C19H19F3O4/c1-4-12-9-13(18(21)22)17(8-11(12)2)25-10-14-15(20)6-5-7-16(14)26-19(23)24-3/h5-9,18H,4,10H2,1-3H3. The molecule has 0 saturated carbocycles. The molecule has 0 radical (unpaired) electrons. The number of hydrogen-bond donors (Lipinski definition) is 0. The van der Waals surface area contributed by atoms with Gasteiger partial charge in [0, 0.05) is 0 Å². The van der Waals surface area contributed by atoms with E-state index < -0.39 is 18.4 Å². The van der Waals surface area contributed by atoms with E-state index in [1.54, 1.807) is 6.92 Å². The van der Waals surface area contributed by atoms with E-state index >= 15 is 0 Å². The molecule has 140 valence electrons. The summed E-state index contributed by atoms with van der Waals surface area (Å²) in [6.45, 7) is 3.27. The van der Waals surface area contributed by atoms with E-state index in [1.807, 2.05) is 6.92 Å². The van der Waals surface area contributed by atoms with Crippen LogP contribution in [0.15, 0.2) is 30.3 Å². The Morgan fingerprint density at radius 2 is 1.92 bits per heavy atom. The maximum Gasteiger partial charge on any atom is 0.513 e. The molecule has 0 N–H and O–H groups in total. The summed E-state index contributed by atoms with van der Waals surface area (Å²) in [5.74, 6) is -0.828. The second kappa shape index (κ2) is 8.60. The van der Waals surface area contributed by atoms with E-state index in [9.17, 15) is 18.0 Å². The lowest BCUT2D eigenvalue weighted by atomic mass is 10.0. The van der Waals surface area contributed by atoms with Crippen LogP contribution < -0.4 is 9.47 Å². The fourth-order valence-corrected chi connectivity index (χ4v) is 2.48. The van der Waals surface area contributed by atoms with Gasteiger partial charge in [-0.1, -0.05) is 13.0 Å². The predicted octanol–water partition coefficient (Wildman–Crippen LogP) is 5.36. The molecule has 0 aromatic heterocycles. The summed E-state index contributed by atoms with van der Waals surface area (Å²) in [5.41, 5.74) is 1.24. The van der Waals surface area contributed by atoms with Crippen LogP contribution in [-0.2, 0) is 17.8 Å². The van der Waals surface area contributed by atoms with Crippen molar-refractivity contribution in [3.63, 3.8) is 0 Å². The van der Waals surface area contributed by atoms with Gasteiger partial charge in [-0.2, -0.15) is 0 Å². The third-order valence-electron chi connectivity index (χ3n) is 3.89. The van der Waals surface area contributed by atoms with Crippen LogP contribution >= 0.6 is 0 Å². The zero-order valence-electron chi connectivity index (χ0n) is 14.6. The molecule has 0 amide bonds. The molecule has 2 rings (SSSR count). The van der Waals surface area contributed by atoms with Crippen molar-refractivity contribution in [2.45, 2.75) is 33.3 Å². The number of rotatable bonds is 6. The van der Waals surface area contributed by atoms with E-state index in [-0.39, 0.29) is 29.2 Å². The van der Waals surface area contributed by atoms with Crippen LogP contribution in [0.25, 0.3) is 0 Å². The molecule has 4 nitrogen and oxygen atoms in total. The number of benzene rings is 2. The second-order valence-corrected chi connectivity index (χ2v) is 5.53. The fraction of sp³-hybridized carbons (Fsp3) is 0.316. The summed E-state index contributed by atoms with van der Waals surface area (Å²) < 4.78 is 55.5. The van der Waals surface area contributed by atoms with Gasteiger partial charge in [0.25, 0.3) is 6.43 Å². The van der Waals surface area contributed by atoms with Crippen LogP contribution in [0.5, 0.6) is 11.5 Å². The van der Waals surface area contributed by atoms with Crippen LogP contribution in [0.1, 0.15) is 35.6 Å². The zero-order valence-corrected chi connectivity index (χ0v) is 14.6. The minimum absolute atomic E-state index is 0.0398. The van der Waals surface area contributed by atoms with Crippen molar-refractivity contribution in [3.05, 3.63) is 58.4 Å². The monoisotopic (exact) mass is 368 g/mol. The summed E-state index contributed by atoms with van der Waals surface area (Å²) in [4.78, 5) is 11.3. The molecular weight excluding hydrogens is 349 g/mol. The number of ether oxygens (including phenoxy) is 3. The maximum absolute atomic E-state index is 14.1. The number of carbonyl (C=O) groups excluding carboxylic acids is 1. The van der Waals surface area contributed by atoms with Crippen molar-refractivity contribution in [3.8, 4) is 11.5 Å². The molecule has 26 heavy (non-hydrogen) atoms. The van der Waals surface area contributed by atoms with Crippen LogP contribution in [0, 0.1) is 12.7 Å². The van der Waals surface area contributed by atoms with E-state index in [1.165, 1.54) is 24.3 Å². The number of halogens is 3. The molecule has 0 spiro atoms. The van der Waals surface area contributed by atoms with Crippen molar-refractivity contribution in [1.82, 2.24) is 0 Å². The first-order valence-corrected chi connectivity index (χ1v) is 7.94. The van der Waals surface area contributed by atoms with E-state index in [4.69, 9.17) is 9.47 Å². The van der Waals surface area contributed by atoms with Gasteiger partial charge in [0.15, 0.2) is 0 Å². The summed E-state index contributed by atoms with van der Waals surface area (Å²) in [6.07, 6.45) is -3.15. The van der Waals surface area contributed by atoms with Gasteiger partial charge in [-0.3, -0.25) is 0 Å². The van der Waals surface area contributed by atoms with Gasteiger partial charge in [-0.05, 0) is 48.7 Å². The summed E-state index contributed by atoms with van der Waals surface area (Å²) in [7, 11) is 1.12. The third-order valence-corrected chi connectivity index (χ3v) is 3.89. The first kappa shape index (κ1) is 19.6. The molecule has 7 heteroatoms. The molecule has 0 saturated heterocycles. The van der Waals surface area contributed by atoms with Crippen molar-refractivity contribution in [1.29, 1.82) is 0 Å². The topological polar surface area (TPSA) is 44.8 Å². The average molecular weight is 368 g/mol. The Balaban J connectivity index is 2.32. The average Bonchev–Trinajstić information content (AvgIpc) is 2.60. The molecule has 0 fully saturated rings. The minimum atomic E-state index is -2.73. The van der Waals surface area contributed by atoms with E-state index in [2.05, 4.69) is 4.74 Å². The number of hydrogen-bond acceptors (Lipinski definition) is 4. The molecule has 0 aliphatic heterocycles. The molecule has 0 bridgehead atoms. The number of carbonyl (C=O) groups is 1. The Bertz CT molecular complexity index is 791. The van der Waals surface area contributed by atoms with Crippen LogP contribution in [0.3, 0.4) is 0 Å². The van der Waals surface area contributed by atoms with Gasteiger partial charge in [0.05, 0.1) is 18.2 Å². The second-order valence-electron chi connectivity index (χ2n) is 5.53. The highest BCUT2D eigenvalue weighted by atomic mass is 19.3. The predicted molar refractivity (Wildman–Crippen MR) is 89.3 cm³/mol.